The minimum atomic E-state index is -4.14. The molecule has 0 unspecified atom stereocenters. The number of halogens is 1. The van der Waals surface area contributed by atoms with E-state index in [4.69, 9.17) is 9.47 Å². The average Bonchev–Trinajstić information content (AvgIpc) is 3.31. The third-order valence-electron chi connectivity index (χ3n) is 9.06. The number of morpholine rings is 1. The van der Waals surface area contributed by atoms with E-state index < -0.39 is 51.0 Å². The Hall–Kier alpha value is -4.33. The van der Waals surface area contributed by atoms with E-state index in [0.717, 1.165) is 22.3 Å². The van der Waals surface area contributed by atoms with Crippen LogP contribution in [-0.4, -0.2) is 81.8 Å². The molecule has 1 N–H and O–H groups in total. The smallest absolute Gasteiger partial charge is 0.410 e. The Morgan fingerprint density at radius 3 is 2.46 bits per heavy atom. The molecular formula is C37H43FN4O7S. The number of ether oxygens (including phenoxy) is 2. The second-order valence-electron chi connectivity index (χ2n) is 14.5. The maximum atomic E-state index is 15.7. The Kier molecular flexibility index (Phi) is 9.29. The minimum absolute atomic E-state index is 0.00424. The Bertz CT molecular complexity index is 2070. The monoisotopic (exact) mass is 706 g/mol. The molecule has 2 aromatic heterocycles. The topological polar surface area (TPSA) is 131 Å². The summed E-state index contributed by atoms with van der Waals surface area (Å²) < 4.78 is 55.0. The lowest BCUT2D eigenvalue weighted by atomic mass is 9.86. The number of carbonyl (C=O) groups is 2. The molecule has 11 nitrogen and oxygen atoms in total. The highest BCUT2D eigenvalue weighted by molar-refractivity contribution is 7.89. The molecule has 0 spiro atoms. The van der Waals surface area contributed by atoms with Gasteiger partial charge < -0.3 is 19.5 Å². The van der Waals surface area contributed by atoms with Crippen molar-refractivity contribution >= 4 is 33.1 Å². The first-order valence-corrected chi connectivity index (χ1v) is 18.2. The standard InChI is InChI=1S/C37H43FN4O7S/c1-23-28-18-27(19-39-33(28)42(32(23)38)50(46,47)22-24-10-8-7-9-11-24)26-16-25-12-13-40(34(43)37(5,6)45)20-30(25)29(17-26)31-21-48-15-14-41(31)35(44)49-36(2,3)4/h7-11,16-19,31,45H,12-15,20-22H2,1-6H3/t31-/m0/s1. The van der Waals surface area contributed by atoms with Crippen molar-refractivity contribution in [1.29, 1.82) is 0 Å². The van der Waals surface area contributed by atoms with Crippen LogP contribution in [0.2, 0.25) is 0 Å². The summed E-state index contributed by atoms with van der Waals surface area (Å²) in [7, 11) is -4.14. The van der Waals surface area contributed by atoms with E-state index in [-0.39, 0.29) is 24.4 Å². The van der Waals surface area contributed by atoms with E-state index in [0.29, 0.717) is 46.6 Å². The molecule has 6 rings (SSSR count). The zero-order chi connectivity index (χ0) is 36.2. The summed E-state index contributed by atoms with van der Waals surface area (Å²) in [4.78, 5) is 34.4. The fraction of sp³-hybridized carbons (Fsp3) is 0.432. The number of hydrogen-bond acceptors (Lipinski definition) is 8. The van der Waals surface area contributed by atoms with E-state index >= 15 is 4.39 Å². The van der Waals surface area contributed by atoms with Crippen molar-refractivity contribution in [2.45, 2.75) is 77.5 Å². The van der Waals surface area contributed by atoms with Gasteiger partial charge in [-0.15, -0.1) is 0 Å². The normalized spacial score (nSPS) is 17.2. The van der Waals surface area contributed by atoms with Gasteiger partial charge in [0.2, 0.25) is 16.0 Å². The molecule has 4 aromatic rings. The van der Waals surface area contributed by atoms with Crippen LogP contribution in [0, 0.1) is 12.9 Å². The first-order chi connectivity index (χ1) is 23.4. The number of hydrogen-bond donors (Lipinski definition) is 1. The van der Waals surface area contributed by atoms with Gasteiger partial charge in [0.25, 0.3) is 5.91 Å². The first kappa shape index (κ1) is 35.5. The lowest BCUT2D eigenvalue weighted by molar-refractivity contribution is -0.148. The highest BCUT2D eigenvalue weighted by Crippen LogP contribution is 2.38. The van der Waals surface area contributed by atoms with Crippen LogP contribution in [0.1, 0.15) is 68.5 Å². The summed E-state index contributed by atoms with van der Waals surface area (Å²) in [6.45, 7) is 11.3. The van der Waals surface area contributed by atoms with Gasteiger partial charge in [0.1, 0.15) is 11.2 Å². The number of fused-ring (bicyclic) bond motifs is 2. The second-order valence-corrected chi connectivity index (χ2v) is 16.3. The van der Waals surface area contributed by atoms with Crippen LogP contribution in [0.3, 0.4) is 0 Å². The molecule has 50 heavy (non-hydrogen) atoms. The first-order valence-electron chi connectivity index (χ1n) is 16.6. The van der Waals surface area contributed by atoms with Gasteiger partial charge >= 0.3 is 6.09 Å². The van der Waals surface area contributed by atoms with E-state index in [1.165, 1.54) is 27.0 Å². The molecule has 0 aliphatic carbocycles. The van der Waals surface area contributed by atoms with Crippen molar-refractivity contribution in [2.24, 2.45) is 0 Å². The maximum Gasteiger partial charge on any atom is 0.410 e. The van der Waals surface area contributed by atoms with Crippen molar-refractivity contribution in [2.75, 3.05) is 26.3 Å². The van der Waals surface area contributed by atoms with Crippen LogP contribution >= 0.6 is 0 Å². The molecular weight excluding hydrogens is 663 g/mol. The number of benzene rings is 2. The predicted octanol–water partition coefficient (Wildman–Crippen LogP) is 5.49. The fourth-order valence-corrected chi connectivity index (χ4v) is 8.17. The molecule has 2 aromatic carbocycles. The van der Waals surface area contributed by atoms with Gasteiger partial charge in [0.15, 0.2) is 5.65 Å². The summed E-state index contributed by atoms with van der Waals surface area (Å²) in [5, 5.41) is 10.9. The Morgan fingerprint density at radius 2 is 1.78 bits per heavy atom. The third kappa shape index (κ3) is 6.99. The summed E-state index contributed by atoms with van der Waals surface area (Å²) in [5.41, 5.74) is 2.28. The molecule has 13 heteroatoms. The molecule has 266 valence electrons. The minimum Gasteiger partial charge on any atom is -0.444 e. The van der Waals surface area contributed by atoms with E-state index in [2.05, 4.69) is 4.98 Å². The summed E-state index contributed by atoms with van der Waals surface area (Å²) in [5.74, 6) is -1.69. The van der Waals surface area contributed by atoms with Gasteiger partial charge in [-0.25, -0.2) is 18.2 Å². The second kappa shape index (κ2) is 13.1. The molecule has 2 aliphatic rings. The molecule has 1 saturated heterocycles. The van der Waals surface area contributed by atoms with Gasteiger partial charge in [0, 0.05) is 42.3 Å². The lowest BCUT2D eigenvalue weighted by Crippen LogP contribution is -2.48. The number of carbonyl (C=O) groups excluding carboxylic acids is 2. The van der Waals surface area contributed by atoms with Crippen LogP contribution in [-0.2, 0) is 43.0 Å². The molecule has 0 bridgehead atoms. The zero-order valence-electron chi connectivity index (χ0n) is 29.2. The highest BCUT2D eigenvalue weighted by Gasteiger charge is 2.37. The van der Waals surface area contributed by atoms with Crippen LogP contribution < -0.4 is 0 Å². The van der Waals surface area contributed by atoms with Gasteiger partial charge in [-0.2, -0.15) is 8.36 Å². The maximum absolute atomic E-state index is 15.7. The number of aryl methyl sites for hydroxylation is 1. The highest BCUT2D eigenvalue weighted by atomic mass is 32.2. The molecule has 1 fully saturated rings. The van der Waals surface area contributed by atoms with Gasteiger partial charge in [0.05, 0.1) is 25.0 Å². The summed E-state index contributed by atoms with van der Waals surface area (Å²) in [6, 6.07) is 13.7. The number of aromatic nitrogens is 2. The number of aliphatic hydroxyl groups is 1. The molecule has 2 amide bonds. The van der Waals surface area contributed by atoms with Crippen LogP contribution in [0.5, 0.6) is 0 Å². The Balaban J connectivity index is 1.46. The summed E-state index contributed by atoms with van der Waals surface area (Å²) in [6.07, 6.45) is 1.52. The number of nitrogens with zero attached hydrogens (tertiary/aromatic N) is 4. The molecule has 0 radical (unpaired) electrons. The third-order valence-corrected chi connectivity index (χ3v) is 10.6. The van der Waals surface area contributed by atoms with Gasteiger partial charge in [-0.05, 0) is 87.9 Å². The molecule has 0 saturated carbocycles. The van der Waals surface area contributed by atoms with Gasteiger partial charge in [-0.1, -0.05) is 36.4 Å². The average molecular weight is 707 g/mol. The largest absolute Gasteiger partial charge is 0.444 e. The molecule has 4 heterocycles. The summed E-state index contributed by atoms with van der Waals surface area (Å²) >= 11 is 0. The van der Waals surface area contributed by atoms with Crippen molar-refractivity contribution in [1.82, 2.24) is 18.8 Å². The molecule has 1 atom stereocenters. The van der Waals surface area contributed by atoms with Crippen molar-refractivity contribution in [3.8, 4) is 11.1 Å². The lowest BCUT2D eigenvalue weighted by Gasteiger charge is -2.40. The Labute approximate surface area is 291 Å². The van der Waals surface area contributed by atoms with E-state index in [1.807, 2.05) is 12.1 Å². The van der Waals surface area contributed by atoms with E-state index in [1.54, 1.807) is 67.0 Å². The van der Waals surface area contributed by atoms with Crippen molar-refractivity contribution in [3.05, 3.63) is 88.5 Å². The number of rotatable bonds is 6. The zero-order valence-corrected chi connectivity index (χ0v) is 30.0. The number of pyridine rings is 1. The molecule has 2 aliphatic heterocycles. The van der Waals surface area contributed by atoms with Gasteiger partial charge in [-0.3, -0.25) is 9.69 Å². The fourth-order valence-electron chi connectivity index (χ4n) is 6.64. The van der Waals surface area contributed by atoms with Crippen molar-refractivity contribution < 1.29 is 37.0 Å². The van der Waals surface area contributed by atoms with Crippen LogP contribution in [0.25, 0.3) is 22.2 Å². The Morgan fingerprint density at radius 1 is 1.06 bits per heavy atom. The van der Waals surface area contributed by atoms with Crippen LogP contribution in [0.4, 0.5) is 9.18 Å². The predicted molar refractivity (Wildman–Crippen MR) is 186 cm³/mol. The van der Waals surface area contributed by atoms with Crippen LogP contribution in [0.15, 0.2) is 54.7 Å². The number of amides is 2. The SMILES string of the molecule is Cc1c(F)n(S(=O)(=O)Cc2ccccc2)c2ncc(-c3cc4c(c([C@@H]5COCCN5C(=O)OC(C)(C)C)c3)CN(C(=O)C(C)(C)O)CC4)cc12. The van der Waals surface area contributed by atoms with E-state index in [9.17, 15) is 23.1 Å². The quantitative estimate of drug-likeness (QED) is 0.279. The van der Waals surface area contributed by atoms with Crippen molar-refractivity contribution in [3.63, 3.8) is 0 Å².